The number of aryl methyl sites for hydroxylation is 1. The van der Waals surface area contributed by atoms with E-state index in [9.17, 15) is 9.59 Å². The molecule has 0 aromatic heterocycles. The van der Waals surface area contributed by atoms with Gasteiger partial charge in [0.15, 0.2) is 0 Å². The van der Waals surface area contributed by atoms with Crippen LogP contribution in [0.1, 0.15) is 46.7 Å². The van der Waals surface area contributed by atoms with Crippen LogP contribution in [-0.4, -0.2) is 23.1 Å². The molecule has 6 N–H and O–H groups in total. The molecule has 2 unspecified atom stereocenters. The molecular formula is C20H24N4O3. The number of anilines is 1. The quantitative estimate of drug-likeness (QED) is 0.278. The van der Waals surface area contributed by atoms with Crippen molar-refractivity contribution >= 4 is 17.5 Å². The maximum absolute atomic E-state index is 12.1. The summed E-state index contributed by atoms with van der Waals surface area (Å²) in [4.78, 5) is 23.4. The van der Waals surface area contributed by atoms with Gasteiger partial charge in [-0.3, -0.25) is 26.1 Å². The summed E-state index contributed by atoms with van der Waals surface area (Å²) < 4.78 is 0. The highest BCUT2D eigenvalue weighted by Crippen LogP contribution is 2.40. The summed E-state index contributed by atoms with van der Waals surface area (Å²) >= 11 is 0. The molecule has 142 valence electrons. The lowest BCUT2D eigenvalue weighted by atomic mass is 10.1. The van der Waals surface area contributed by atoms with Crippen LogP contribution in [0.3, 0.4) is 0 Å². The molecule has 0 aliphatic heterocycles. The summed E-state index contributed by atoms with van der Waals surface area (Å²) in [6, 6.07) is 15.2. The molecule has 0 spiro atoms. The fourth-order valence-electron chi connectivity index (χ4n) is 3.13. The molecule has 0 heterocycles. The van der Waals surface area contributed by atoms with Crippen LogP contribution in [0.15, 0.2) is 48.5 Å². The molecule has 0 bridgehead atoms. The number of rotatable bonds is 8. The summed E-state index contributed by atoms with van der Waals surface area (Å²) in [5.41, 5.74) is 7.83. The standard InChI is InChI=1S/C20H24N4O3/c21-23-18-12-17(18)14-8-10-16(11-9-14)22-19(25)3-1-2-13-4-6-15(7-5-13)20(26)24-27/h4-11,17-18,23,27H,1-3,12,21H2,(H,22,25)(H,24,26). The van der Waals surface area contributed by atoms with Crippen LogP contribution >= 0.6 is 0 Å². The van der Waals surface area contributed by atoms with E-state index in [0.717, 1.165) is 24.1 Å². The van der Waals surface area contributed by atoms with Gasteiger partial charge in [0.2, 0.25) is 5.91 Å². The summed E-state index contributed by atoms with van der Waals surface area (Å²) in [5.74, 6) is 5.35. The molecule has 2 aromatic rings. The number of hydrazine groups is 1. The van der Waals surface area contributed by atoms with E-state index in [1.807, 2.05) is 36.4 Å². The molecule has 0 radical (unpaired) electrons. The summed E-state index contributed by atoms with van der Waals surface area (Å²) in [7, 11) is 0. The molecule has 3 rings (SSSR count). The molecule has 1 aliphatic rings. The van der Waals surface area contributed by atoms with Gasteiger partial charge in [-0.15, -0.1) is 0 Å². The number of amides is 2. The minimum absolute atomic E-state index is 0.0213. The van der Waals surface area contributed by atoms with Gasteiger partial charge in [0, 0.05) is 29.6 Å². The average Bonchev–Trinajstić information content (AvgIpc) is 3.48. The topological polar surface area (TPSA) is 116 Å². The summed E-state index contributed by atoms with van der Waals surface area (Å²) in [5, 5.41) is 11.5. The minimum atomic E-state index is -0.538. The molecule has 1 aliphatic carbocycles. The maximum atomic E-state index is 12.1. The molecule has 2 amide bonds. The predicted molar refractivity (Wildman–Crippen MR) is 102 cm³/mol. The average molecular weight is 368 g/mol. The molecule has 2 aromatic carbocycles. The number of hydrogen-bond donors (Lipinski definition) is 5. The number of carbonyl (C=O) groups is 2. The lowest BCUT2D eigenvalue weighted by Gasteiger charge is -2.07. The van der Waals surface area contributed by atoms with Gasteiger partial charge >= 0.3 is 0 Å². The van der Waals surface area contributed by atoms with Crippen LogP contribution < -0.4 is 22.1 Å². The van der Waals surface area contributed by atoms with Crippen molar-refractivity contribution in [3.8, 4) is 0 Å². The highest BCUT2D eigenvalue weighted by atomic mass is 16.5. The third-order valence-corrected chi connectivity index (χ3v) is 4.81. The molecule has 1 saturated carbocycles. The Balaban J connectivity index is 1.41. The van der Waals surface area contributed by atoms with Crippen molar-refractivity contribution in [2.45, 2.75) is 37.6 Å². The van der Waals surface area contributed by atoms with Crippen molar-refractivity contribution < 1.29 is 14.8 Å². The first-order valence-corrected chi connectivity index (χ1v) is 9.00. The van der Waals surface area contributed by atoms with Crippen molar-refractivity contribution in [1.82, 2.24) is 10.9 Å². The van der Waals surface area contributed by atoms with E-state index in [2.05, 4.69) is 10.7 Å². The van der Waals surface area contributed by atoms with Crippen LogP contribution in [-0.2, 0) is 11.2 Å². The Morgan fingerprint density at radius 1 is 1.07 bits per heavy atom. The van der Waals surface area contributed by atoms with Gasteiger partial charge in [0.1, 0.15) is 0 Å². The van der Waals surface area contributed by atoms with Crippen molar-refractivity contribution in [3.63, 3.8) is 0 Å². The van der Waals surface area contributed by atoms with Gasteiger partial charge in [-0.05, 0) is 54.7 Å². The minimum Gasteiger partial charge on any atom is -0.326 e. The zero-order valence-electron chi connectivity index (χ0n) is 14.9. The Bertz CT molecular complexity index is 790. The fourth-order valence-corrected chi connectivity index (χ4v) is 3.13. The van der Waals surface area contributed by atoms with Crippen molar-refractivity contribution in [2.24, 2.45) is 5.84 Å². The van der Waals surface area contributed by atoms with Crippen LogP contribution in [0, 0.1) is 0 Å². The predicted octanol–water partition coefficient (Wildman–Crippen LogP) is 2.09. The number of nitrogens with two attached hydrogens (primary N) is 1. The van der Waals surface area contributed by atoms with E-state index in [0.29, 0.717) is 30.4 Å². The van der Waals surface area contributed by atoms with E-state index in [1.165, 1.54) is 5.56 Å². The second-order valence-electron chi connectivity index (χ2n) is 6.78. The monoisotopic (exact) mass is 368 g/mol. The summed E-state index contributed by atoms with van der Waals surface area (Å²) in [6.07, 6.45) is 2.92. The van der Waals surface area contributed by atoms with Crippen LogP contribution in [0.4, 0.5) is 5.69 Å². The number of hydrogen-bond acceptors (Lipinski definition) is 5. The fraction of sp³-hybridized carbons (Fsp3) is 0.300. The second kappa shape index (κ2) is 8.77. The molecule has 2 atom stereocenters. The molecule has 0 saturated heterocycles. The number of nitrogens with one attached hydrogen (secondary N) is 3. The van der Waals surface area contributed by atoms with Crippen LogP contribution in [0.5, 0.6) is 0 Å². The zero-order chi connectivity index (χ0) is 19.2. The van der Waals surface area contributed by atoms with Crippen molar-refractivity contribution in [3.05, 3.63) is 65.2 Å². The van der Waals surface area contributed by atoms with E-state index < -0.39 is 5.91 Å². The number of benzene rings is 2. The first-order valence-electron chi connectivity index (χ1n) is 9.00. The third-order valence-electron chi connectivity index (χ3n) is 4.81. The van der Waals surface area contributed by atoms with Gasteiger partial charge in [-0.1, -0.05) is 24.3 Å². The van der Waals surface area contributed by atoms with E-state index >= 15 is 0 Å². The number of carbonyl (C=O) groups excluding carboxylic acids is 2. The lowest BCUT2D eigenvalue weighted by Crippen LogP contribution is -2.25. The second-order valence-corrected chi connectivity index (χ2v) is 6.78. The Labute approximate surface area is 157 Å². The first-order chi connectivity index (χ1) is 13.1. The third kappa shape index (κ3) is 5.13. The molecule has 7 heteroatoms. The van der Waals surface area contributed by atoms with E-state index in [-0.39, 0.29) is 5.91 Å². The van der Waals surface area contributed by atoms with E-state index in [1.54, 1.807) is 17.6 Å². The normalized spacial score (nSPS) is 18.0. The van der Waals surface area contributed by atoms with Gasteiger partial charge in [-0.2, -0.15) is 0 Å². The molecule has 7 nitrogen and oxygen atoms in total. The van der Waals surface area contributed by atoms with Gasteiger partial charge in [-0.25, -0.2) is 5.48 Å². The largest absolute Gasteiger partial charge is 0.326 e. The Kier molecular flexibility index (Phi) is 6.18. The highest BCUT2D eigenvalue weighted by Gasteiger charge is 2.37. The number of hydroxylamine groups is 1. The van der Waals surface area contributed by atoms with Crippen molar-refractivity contribution in [2.75, 3.05) is 5.32 Å². The van der Waals surface area contributed by atoms with Gasteiger partial charge in [0.25, 0.3) is 5.91 Å². The van der Waals surface area contributed by atoms with Gasteiger partial charge < -0.3 is 5.32 Å². The highest BCUT2D eigenvalue weighted by molar-refractivity contribution is 5.93. The lowest BCUT2D eigenvalue weighted by molar-refractivity contribution is -0.116. The first kappa shape index (κ1) is 19.0. The van der Waals surface area contributed by atoms with Crippen molar-refractivity contribution in [1.29, 1.82) is 0 Å². The van der Waals surface area contributed by atoms with Gasteiger partial charge in [0.05, 0.1) is 0 Å². The SMILES string of the molecule is NNC1CC1c1ccc(NC(=O)CCCc2ccc(C(=O)NO)cc2)cc1. The maximum Gasteiger partial charge on any atom is 0.274 e. The Hall–Kier alpha value is -2.74. The molecular weight excluding hydrogens is 344 g/mol. The summed E-state index contributed by atoms with van der Waals surface area (Å²) in [6.45, 7) is 0. The smallest absolute Gasteiger partial charge is 0.274 e. The zero-order valence-corrected chi connectivity index (χ0v) is 14.9. The van der Waals surface area contributed by atoms with Crippen LogP contribution in [0.25, 0.3) is 0 Å². The molecule has 27 heavy (non-hydrogen) atoms. The van der Waals surface area contributed by atoms with E-state index in [4.69, 9.17) is 11.0 Å². The molecule has 1 fully saturated rings. The Morgan fingerprint density at radius 3 is 2.37 bits per heavy atom. The Morgan fingerprint density at radius 2 is 1.78 bits per heavy atom. The van der Waals surface area contributed by atoms with Crippen LogP contribution in [0.2, 0.25) is 0 Å².